The zero-order valence-corrected chi connectivity index (χ0v) is 25.8. The van der Waals surface area contributed by atoms with E-state index >= 15 is 0 Å². The van der Waals surface area contributed by atoms with Gasteiger partial charge in [-0.1, -0.05) is 35.9 Å². The summed E-state index contributed by atoms with van der Waals surface area (Å²) in [5, 5.41) is 9.64. The standard InChI is InChI=1S/C36H42N4O3/c1-24(2)18-29(37-4)22-39-16-14-30-25(3)27(13-12-26(30)20-39)23-43-33-10-6-5-8-31(33)32-9-7-11-34(38-32)40-17-15-36(35(41)42)19-28(36)21-40/h5-13,18,28H,14-17,19-23H2,1-4H3,(H,41,42)/b37-29+/t28-,36+/m0/s1. The van der Waals surface area contributed by atoms with E-state index in [9.17, 15) is 9.90 Å². The maximum atomic E-state index is 11.7. The molecule has 3 heterocycles. The molecule has 0 amide bonds. The second-order valence-corrected chi connectivity index (χ2v) is 12.6. The van der Waals surface area contributed by atoms with E-state index in [0.717, 1.165) is 74.1 Å². The van der Waals surface area contributed by atoms with Crippen molar-refractivity contribution < 1.29 is 14.6 Å². The summed E-state index contributed by atoms with van der Waals surface area (Å²) in [6.45, 7) is 11.3. The van der Waals surface area contributed by atoms with Crippen molar-refractivity contribution in [3.8, 4) is 17.0 Å². The SMILES string of the molecule is C/N=C(\C=C(C)C)CN1CCc2c(ccc(COc3ccccc3-c3cccc(N4CC[C@@]5(C(=O)O)C[C@H]5C4)n3)c2C)C1. The Balaban J connectivity index is 1.14. The van der Waals surface area contributed by atoms with Crippen LogP contribution in [-0.2, 0) is 24.4 Å². The molecule has 2 fully saturated rings. The summed E-state index contributed by atoms with van der Waals surface area (Å²) in [7, 11) is 1.88. The van der Waals surface area contributed by atoms with E-state index in [2.05, 4.69) is 59.8 Å². The minimum atomic E-state index is -0.642. The molecule has 3 aliphatic rings. The van der Waals surface area contributed by atoms with Crippen molar-refractivity contribution in [2.75, 3.05) is 38.1 Å². The number of carboxylic acid groups (broad SMARTS) is 1. The average molecular weight is 579 g/mol. The number of hydrogen-bond donors (Lipinski definition) is 1. The van der Waals surface area contributed by atoms with E-state index in [0.29, 0.717) is 13.0 Å². The number of carboxylic acids is 1. The lowest BCUT2D eigenvalue weighted by Gasteiger charge is -2.31. The molecular weight excluding hydrogens is 536 g/mol. The number of pyridine rings is 1. The highest BCUT2D eigenvalue weighted by atomic mass is 16.5. The monoisotopic (exact) mass is 578 g/mol. The molecule has 0 bridgehead atoms. The Morgan fingerprint density at radius 2 is 1.98 bits per heavy atom. The number of carbonyl (C=O) groups is 1. The van der Waals surface area contributed by atoms with Crippen molar-refractivity contribution in [3.63, 3.8) is 0 Å². The van der Waals surface area contributed by atoms with Gasteiger partial charge in [-0.25, -0.2) is 4.98 Å². The molecule has 7 nitrogen and oxygen atoms in total. The van der Waals surface area contributed by atoms with E-state index in [1.807, 2.05) is 43.4 Å². The number of para-hydroxylation sites is 1. The van der Waals surface area contributed by atoms with Gasteiger partial charge in [0.05, 0.1) is 11.1 Å². The summed E-state index contributed by atoms with van der Waals surface area (Å²) in [6.07, 6.45) is 4.66. The number of allylic oxidation sites excluding steroid dienone is 1. The third-order valence-corrected chi connectivity index (χ3v) is 9.54. The van der Waals surface area contributed by atoms with Gasteiger partial charge in [-0.3, -0.25) is 14.7 Å². The molecule has 0 spiro atoms. The first kappa shape index (κ1) is 29.1. The first-order valence-corrected chi connectivity index (χ1v) is 15.4. The molecule has 7 heteroatoms. The Morgan fingerprint density at radius 3 is 2.74 bits per heavy atom. The van der Waals surface area contributed by atoms with Gasteiger partial charge in [-0.2, -0.15) is 0 Å². The van der Waals surface area contributed by atoms with Crippen LogP contribution in [0.25, 0.3) is 11.3 Å². The van der Waals surface area contributed by atoms with E-state index in [-0.39, 0.29) is 5.92 Å². The molecule has 1 N–H and O–H groups in total. The minimum Gasteiger partial charge on any atom is -0.488 e. The summed E-state index contributed by atoms with van der Waals surface area (Å²) in [6, 6.07) is 18.7. The molecule has 2 atom stereocenters. The van der Waals surface area contributed by atoms with Gasteiger partial charge < -0.3 is 14.7 Å². The lowest BCUT2D eigenvalue weighted by molar-refractivity contribution is -0.144. The highest BCUT2D eigenvalue weighted by Gasteiger charge is 2.62. The van der Waals surface area contributed by atoms with Crippen molar-refractivity contribution in [1.29, 1.82) is 0 Å². The van der Waals surface area contributed by atoms with Crippen LogP contribution in [0.2, 0.25) is 0 Å². The lowest BCUT2D eigenvalue weighted by atomic mass is 9.92. The van der Waals surface area contributed by atoms with Gasteiger partial charge in [0.2, 0.25) is 0 Å². The van der Waals surface area contributed by atoms with Crippen LogP contribution >= 0.6 is 0 Å². The zero-order chi connectivity index (χ0) is 30.1. The van der Waals surface area contributed by atoms with Gasteiger partial charge >= 0.3 is 5.97 Å². The van der Waals surface area contributed by atoms with Gasteiger partial charge in [0.25, 0.3) is 0 Å². The number of aliphatic carboxylic acids is 1. The Bertz CT molecular complexity index is 1590. The molecule has 3 aromatic rings. The van der Waals surface area contributed by atoms with Crippen molar-refractivity contribution in [3.05, 3.63) is 88.5 Å². The summed E-state index contributed by atoms with van der Waals surface area (Å²) in [5.74, 6) is 1.28. The van der Waals surface area contributed by atoms with E-state index in [4.69, 9.17) is 9.72 Å². The predicted octanol–water partition coefficient (Wildman–Crippen LogP) is 6.33. The fraction of sp³-hybridized carbons (Fsp3) is 0.417. The van der Waals surface area contributed by atoms with Gasteiger partial charge in [0.15, 0.2) is 0 Å². The number of rotatable bonds is 9. The fourth-order valence-corrected chi connectivity index (χ4v) is 6.89. The van der Waals surface area contributed by atoms with Gasteiger partial charge in [0.1, 0.15) is 18.2 Å². The fourth-order valence-electron chi connectivity index (χ4n) is 6.89. The molecule has 2 aliphatic heterocycles. The second kappa shape index (κ2) is 12.0. The number of anilines is 1. The van der Waals surface area contributed by atoms with Gasteiger partial charge in [-0.15, -0.1) is 0 Å². The quantitative estimate of drug-likeness (QED) is 0.299. The van der Waals surface area contributed by atoms with Gasteiger partial charge in [0, 0.05) is 51.0 Å². The predicted molar refractivity (Wildman–Crippen MR) is 172 cm³/mol. The van der Waals surface area contributed by atoms with Crippen molar-refractivity contribution in [2.45, 2.75) is 53.2 Å². The number of hydrogen-bond acceptors (Lipinski definition) is 6. The molecule has 6 rings (SSSR count). The molecule has 1 aliphatic carbocycles. The highest BCUT2D eigenvalue weighted by molar-refractivity contribution is 5.97. The molecule has 0 radical (unpaired) electrons. The first-order chi connectivity index (χ1) is 20.8. The molecule has 224 valence electrons. The Labute approximate surface area is 254 Å². The molecular formula is C36H42N4O3. The number of aromatic nitrogens is 1. The van der Waals surface area contributed by atoms with Crippen LogP contribution in [0.3, 0.4) is 0 Å². The number of aliphatic imine (C=N–C) groups is 1. The molecule has 1 saturated heterocycles. The van der Waals surface area contributed by atoms with Crippen LogP contribution in [0.5, 0.6) is 5.75 Å². The van der Waals surface area contributed by atoms with E-state index in [1.54, 1.807) is 0 Å². The molecule has 43 heavy (non-hydrogen) atoms. The molecule has 1 saturated carbocycles. The summed E-state index contributed by atoms with van der Waals surface area (Å²) in [4.78, 5) is 25.9. The van der Waals surface area contributed by atoms with Crippen LogP contribution in [0, 0.1) is 18.3 Å². The molecule has 1 aromatic heterocycles. The van der Waals surface area contributed by atoms with Crippen LogP contribution in [-0.4, -0.2) is 59.9 Å². The van der Waals surface area contributed by atoms with Crippen LogP contribution < -0.4 is 9.64 Å². The maximum absolute atomic E-state index is 11.7. The molecule has 2 aromatic carbocycles. The maximum Gasteiger partial charge on any atom is 0.310 e. The number of piperidine rings is 1. The number of ether oxygens (including phenoxy) is 1. The Morgan fingerprint density at radius 1 is 1.14 bits per heavy atom. The third-order valence-electron chi connectivity index (χ3n) is 9.54. The van der Waals surface area contributed by atoms with Crippen molar-refractivity contribution in [1.82, 2.24) is 9.88 Å². The van der Waals surface area contributed by atoms with Crippen molar-refractivity contribution >= 4 is 17.5 Å². The Kier molecular flexibility index (Phi) is 8.10. The first-order valence-electron chi connectivity index (χ1n) is 15.4. The van der Waals surface area contributed by atoms with E-state index < -0.39 is 11.4 Å². The topological polar surface area (TPSA) is 78.3 Å². The Hall–Kier alpha value is -3.97. The summed E-state index contributed by atoms with van der Waals surface area (Å²) in [5.41, 5.74) is 9.11. The van der Waals surface area contributed by atoms with Crippen molar-refractivity contribution in [2.24, 2.45) is 16.3 Å². The minimum absolute atomic E-state index is 0.216. The number of nitrogens with zero attached hydrogens (tertiary/aromatic N) is 4. The van der Waals surface area contributed by atoms with E-state index in [1.165, 1.54) is 27.8 Å². The number of fused-ring (bicyclic) bond motifs is 2. The largest absolute Gasteiger partial charge is 0.488 e. The third kappa shape index (κ3) is 5.96. The van der Waals surface area contributed by atoms with Crippen LogP contribution in [0.4, 0.5) is 5.82 Å². The average Bonchev–Trinajstić information content (AvgIpc) is 3.76. The second-order valence-electron chi connectivity index (χ2n) is 12.6. The normalized spacial score (nSPS) is 21.5. The number of benzene rings is 2. The van der Waals surface area contributed by atoms with Crippen LogP contribution in [0.1, 0.15) is 48.9 Å². The summed E-state index contributed by atoms with van der Waals surface area (Å²) < 4.78 is 6.47. The van der Waals surface area contributed by atoms with Crippen LogP contribution in [0.15, 0.2) is 71.2 Å². The zero-order valence-electron chi connectivity index (χ0n) is 25.8. The smallest absolute Gasteiger partial charge is 0.310 e. The lowest BCUT2D eigenvalue weighted by Crippen LogP contribution is -2.38. The highest BCUT2D eigenvalue weighted by Crippen LogP contribution is 2.58. The summed E-state index contributed by atoms with van der Waals surface area (Å²) >= 11 is 0. The molecule has 0 unspecified atom stereocenters. The van der Waals surface area contributed by atoms with Gasteiger partial charge in [-0.05, 0) is 98.5 Å².